The summed E-state index contributed by atoms with van der Waals surface area (Å²) in [5, 5.41) is 143. The molecule has 4 heterocycles. The molecule has 9 aliphatic rings. The van der Waals surface area contributed by atoms with Gasteiger partial charge in [0.1, 0.15) is 85.5 Å². The summed E-state index contributed by atoms with van der Waals surface area (Å²) in [6.07, 6.45) is -23.8. The summed E-state index contributed by atoms with van der Waals surface area (Å²) < 4.78 is 55.9. The summed E-state index contributed by atoms with van der Waals surface area (Å²) in [6, 6.07) is 0. The van der Waals surface area contributed by atoms with Crippen LogP contribution in [-0.4, -0.2) is 229 Å². The molecule has 0 radical (unpaired) electrons. The van der Waals surface area contributed by atoms with Crippen molar-refractivity contribution in [2.45, 2.75) is 242 Å². The lowest BCUT2D eigenvalue weighted by atomic mass is 9.32. The van der Waals surface area contributed by atoms with E-state index in [1.54, 1.807) is 7.11 Å². The second-order valence-corrected chi connectivity index (χ2v) is 26.6. The standard InChI is InChI=1S/C55H92O22/c1-24-33(60)36(63)39(66)46(70-24)75-42-30(21-57)73-48(41(68)38(42)65)76-43-34(61)25(2)71-49(44(43)77-47-40(67)37(64)35(62)29(20-56)72-47)74-32-11-12-51(5)31(52(32,6)22-58)10-13-54(8)45(51)28(69-9)18-26-27-19-50(3,4)14-16-55(27,23-59)17-15-53(26,54)7/h18,24-27,29-49,56-68H,10-17,19-23H2,1-9H3/t24-,25+,26?,27?,29+,30+,31?,32-,33-,34-,35+,36+,37-,38+,39+,40+,41+,42+,43-,44+,45?,46-,47-,48-,49-,51-,52-,53+,54+,55?/m0/s1. The quantitative estimate of drug-likeness (QED) is 0.101. The predicted octanol–water partition coefficient (Wildman–Crippen LogP) is -0.704. The van der Waals surface area contributed by atoms with Crippen LogP contribution in [0.1, 0.15) is 113 Å². The number of ether oxygens (including phenoxy) is 9. The van der Waals surface area contributed by atoms with Crippen molar-refractivity contribution < 1.29 is 109 Å². The first-order valence-corrected chi connectivity index (χ1v) is 28.2. The van der Waals surface area contributed by atoms with Gasteiger partial charge >= 0.3 is 0 Å². The largest absolute Gasteiger partial charge is 0.501 e. The van der Waals surface area contributed by atoms with Crippen LogP contribution in [0.4, 0.5) is 0 Å². The van der Waals surface area contributed by atoms with Crippen molar-refractivity contribution in [2.24, 2.45) is 56.2 Å². The van der Waals surface area contributed by atoms with Crippen molar-refractivity contribution in [1.82, 2.24) is 0 Å². The van der Waals surface area contributed by atoms with E-state index in [-0.39, 0.29) is 58.5 Å². The fourth-order valence-electron chi connectivity index (χ4n) is 16.9. The molecular weight excluding hydrogens is 1010 g/mol. The van der Waals surface area contributed by atoms with Crippen LogP contribution in [0.15, 0.2) is 11.8 Å². The van der Waals surface area contributed by atoms with Crippen LogP contribution in [0.2, 0.25) is 0 Å². The van der Waals surface area contributed by atoms with Gasteiger partial charge in [-0.15, -0.1) is 0 Å². The lowest BCUT2D eigenvalue weighted by molar-refractivity contribution is -0.403. The van der Waals surface area contributed by atoms with Crippen LogP contribution in [0.3, 0.4) is 0 Å². The Labute approximate surface area is 451 Å². The van der Waals surface area contributed by atoms with Gasteiger partial charge < -0.3 is 109 Å². The molecule has 8 fully saturated rings. The Bertz CT molecular complexity index is 2070. The van der Waals surface area contributed by atoms with Gasteiger partial charge in [-0.3, -0.25) is 0 Å². The number of allylic oxidation sites excluding steroid dienone is 2. The SMILES string of the molecule is COC1=CC2C3CC(C)(C)CCC3(CO)CC[C@@]2(C)[C@]2(C)CCC3[C@](C)(CC[C@H](O[C@@H]4O[C@H](C)[C@H](O)[C@H](O[C@@H]5O[C@H](CO)[C@@H](O[C@@H]6O[C@@H](C)[C@H](O)[C@@H](O)[C@H]6O)[C@H](O)[C@H]5O)[C@H]4O[C@@H]4O[C@H](CO)[C@@H](O)[C@H](O)[C@H]4O)[C@@]3(C)CO)C12. The third kappa shape index (κ3) is 9.80. The third-order valence-electron chi connectivity index (χ3n) is 21.9. The average molecular weight is 1110 g/mol. The maximum atomic E-state index is 12.0. The number of methoxy groups -OCH3 is 1. The molecule has 4 saturated carbocycles. The molecule has 0 bridgehead atoms. The van der Waals surface area contributed by atoms with Crippen molar-refractivity contribution >= 4 is 0 Å². The highest BCUT2D eigenvalue weighted by atomic mass is 16.8. The maximum absolute atomic E-state index is 12.0. The van der Waals surface area contributed by atoms with Gasteiger partial charge in [-0.2, -0.15) is 0 Å². The molecule has 5 unspecified atom stereocenters. The molecule has 22 nitrogen and oxygen atoms in total. The Kier molecular flexibility index (Phi) is 17.3. The summed E-state index contributed by atoms with van der Waals surface area (Å²) in [4.78, 5) is 0. The van der Waals surface area contributed by atoms with E-state index < -0.39 is 153 Å². The molecule has 30 atom stereocenters. The van der Waals surface area contributed by atoms with Gasteiger partial charge in [0.05, 0.1) is 51.0 Å². The minimum Gasteiger partial charge on any atom is -0.501 e. The number of hydrogen-bond acceptors (Lipinski definition) is 22. The van der Waals surface area contributed by atoms with Crippen molar-refractivity contribution in [2.75, 3.05) is 33.5 Å². The zero-order valence-electron chi connectivity index (χ0n) is 46.2. The summed E-state index contributed by atoms with van der Waals surface area (Å²) in [7, 11) is 1.75. The monoisotopic (exact) mass is 1100 g/mol. The van der Waals surface area contributed by atoms with Crippen LogP contribution in [0.25, 0.3) is 0 Å². The molecule has 4 saturated heterocycles. The van der Waals surface area contributed by atoms with E-state index in [1.165, 1.54) is 13.8 Å². The molecule has 444 valence electrons. The molecule has 0 amide bonds. The van der Waals surface area contributed by atoms with E-state index in [0.717, 1.165) is 50.7 Å². The highest BCUT2D eigenvalue weighted by Gasteiger charge is 2.72. The van der Waals surface area contributed by atoms with Crippen molar-refractivity contribution in [3.05, 3.63) is 11.8 Å². The van der Waals surface area contributed by atoms with Crippen molar-refractivity contribution in [3.8, 4) is 0 Å². The lowest BCUT2D eigenvalue weighted by Crippen LogP contribution is -2.69. The Morgan fingerprint density at radius 3 is 1.70 bits per heavy atom. The molecule has 0 aromatic carbocycles. The van der Waals surface area contributed by atoms with E-state index in [2.05, 4.69) is 40.7 Å². The highest BCUT2D eigenvalue weighted by Crippen LogP contribution is 2.77. The Balaban J connectivity index is 1.01. The average Bonchev–Trinajstić information content (AvgIpc) is 3.42. The molecule has 0 spiro atoms. The zero-order chi connectivity index (χ0) is 56.3. The van der Waals surface area contributed by atoms with Crippen molar-refractivity contribution in [3.63, 3.8) is 0 Å². The van der Waals surface area contributed by atoms with Gasteiger partial charge in [0.15, 0.2) is 25.2 Å². The maximum Gasteiger partial charge on any atom is 0.187 e. The molecule has 22 heteroatoms. The van der Waals surface area contributed by atoms with Crippen LogP contribution in [0.5, 0.6) is 0 Å². The minimum absolute atomic E-state index is 0.0421. The van der Waals surface area contributed by atoms with Gasteiger partial charge in [0, 0.05) is 17.9 Å². The first-order valence-electron chi connectivity index (χ1n) is 28.2. The van der Waals surface area contributed by atoms with E-state index in [0.29, 0.717) is 12.8 Å². The Morgan fingerprint density at radius 2 is 1.08 bits per heavy atom. The van der Waals surface area contributed by atoms with Gasteiger partial charge in [-0.05, 0) is 123 Å². The zero-order valence-corrected chi connectivity index (χ0v) is 46.2. The van der Waals surface area contributed by atoms with Crippen LogP contribution in [0, 0.1) is 56.2 Å². The van der Waals surface area contributed by atoms with E-state index in [9.17, 15) is 66.4 Å². The van der Waals surface area contributed by atoms with Crippen molar-refractivity contribution in [1.29, 1.82) is 0 Å². The fraction of sp³-hybridized carbons (Fsp3) is 0.964. The molecule has 0 aromatic rings. The third-order valence-corrected chi connectivity index (χ3v) is 21.9. The molecular formula is C55H92O22. The van der Waals surface area contributed by atoms with Crippen LogP contribution in [-0.2, 0) is 42.6 Å². The van der Waals surface area contributed by atoms with Gasteiger partial charge in [-0.1, -0.05) is 41.5 Å². The summed E-state index contributed by atoms with van der Waals surface area (Å²) in [6.45, 7) is 15.1. The summed E-state index contributed by atoms with van der Waals surface area (Å²) >= 11 is 0. The van der Waals surface area contributed by atoms with Gasteiger partial charge in [-0.25, -0.2) is 0 Å². The predicted molar refractivity (Wildman–Crippen MR) is 267 cm³/mol. The lowest BCUT2D eigenvalue weighted by Gasteiger charge is -2.72. The van der Waals surface area contributed by atoms with Gasteiger partial charge in [0.25, 0.3) is 0 Å². The number of hydrogen-bond donors (Lipinski definition) is 13. The molecule has 9 rings (SSSR count). The Morgan fingerprint density at radius 1 is 0.519 bits per heavy atom. The summed E-state index contributed by atoms with van der Waals surface area (Å²) in [5.41, 5.74) is -1.74. The number of aliphatic hydroxyl groups excluding tert-OH is 13. The van der Waals surface area contributed by atoms with E-state index >= 15 is 0 Å². The number of rotatable bonds is 13. The van der Waals surface area contributed by atoms with Crippen LogP contribution < -0.4 is 0 Å². The number of fused-ring (bicyclic) bond motifs is 7. The minimum atomic E-state index is -2.01. The Hall–Kier alpha value is -1.30. The first-order chi connectivity index (χ1) is 36.1. The molecule has 0 aromatic heterocycles. The van der Waals surface area contributed by atoms with Gasteiger partial charge in [0.2, 0.25) is 0 Å². The first kappa shape index (κ1) is 60.3. The van der Waals surface area contributed by atoms with Crippen LogP contribution >= 0.6 is 0 Å². The molecule has 4 aliphatic heterocycles. The topological polar surface area (TPSA) is 346 Å². The normalized spacial score (nSPS) is 55.7. The van der Waals surface area contributed by atoms with E-state index in [4.69, 9.17) is 42.6 Å². The number of aliphatic hydroxyl groups is 13. The smallest absolute Gasteiger partial charge is 0.187 e. The second kappa shape index (κ2) is 22.0. The molecule has 5 aliphatic carbocycles. The highest BCUT2D eigenvalue weighted by molar-refractivity contribution is 5.29. The molecule has 77 heavy (non-hydrogen) atoms. The fourth-order valence-corrected chi connectivity index (χ4v) is 16.9. The molecule has 13 N–H and O–H groups in total. The second-order valence-electron chi connectivity index (χ2n) is 26.6. The summed E-state index contributed by atoms with van der Waals surface area (Å²) in [5.74, 6) is 1.22. The van der Waals surface area contributed by atoms with E-state index in [1.807, 2.05) is 6.92 Å².